The maximum absolute atomic E-state index is 12.9. The molecule has 2 aliphatic heterocycles. The van der Waals surface area contributed by atoms with Gasteiger partial charge in [-0.3, -0.25) is 4.79 Å². The zero-order valence-corrected chi connectivity index (χ0v) is 15.0. The highest BCUT2D eigenvalue weighted by Gasteiger charge is 2.38. The molecule has 0 aliphatic carbocycles. The van der Waals surface area contributed by atoms with E-state index < -0.39 is 0 Å². The Labute approximate surface area is 145 Å². The summed E-state index contributed by atoms with van der Waals surface area (Å²) in [6.07, 6.45) is 4.07. The minimum absolute atomic E-state index is 0.0120. The predicted octanol–water partition coefficient (Wildman–Crippen LogP) is 3.14. The highest BCUT2D eigenvalue weighted by atomic mass is 16.5. The number of benzene rings is 1. The van der Waals surface area contributed by atoms with Gasteiger partial charge in [-0.2, -0.15) is 0 Å². The lowest BCUT2D eigenvalue weighted by Gasteiger charge is -2.45. The Hall–Kier alpha value is -1.39. The van der Waals surface area contributed by atoms with Crippen molar-refractivity contribution < 1.29 is 9.53 Å². The monoisotopic (exact) mass is 330 g/mol. The van der Waals surface area contributed by atoms with Crippen molar-refractivity contribution in [1.82, 2.24) is 10.2 Å². The fourth-order valence-corrected chi connectivity index (χ4v) is 3.79. The number of morpholine rings is 1. The molecule has 1 atom stereocenters. The van der Waals surface area contributed by atoms with Crippen molar-refractivity contribution in [1.29, 1.82) is 0 Å². The zero-order valence-electron chi connectivity index (χ0n) is 15.0. The molecule has 2 saturated heterocycles. The molecule has 0 aromatic heterocycles. The largest absolute Gasteiger partial charge is 0.369 e. The Morgan fingerprint density at radius 2 is 1.96 bits per heavy atom. The molecule has 132 valence electrons. The second-order valence-corrected chi connectivity index (χ2v) is 7.76. The molecule has 4 heteroatoms. The van der Waals surface area contributed by atoms with Crippen molar-refractivity contribution in [2.45, 2.75) is 51.2 Å². The van der Waals surface area contributed by atoms with E-state index in [9.17, 15) is 4.79 Å². The standard InChI is InChI=1S/C20H30N2O2/c1-20(2)15-24-18(17-6-4-3-5-7-17)14-22(20)19(23)9-8-16-10-12-21-13-11-16/h3-7,16,18,21H,8-15H2,1-2H3. The number of carbonyl (C=O) groups is 1. The molecule has 2 aliphatic rings. The maximum Gasteiger partial charge on any atom is 0.223 e. The van der Waals surface area contributed by atoms with E-state index in [-0.39, 0.29) is 17.6 Å². The third kappa shape index (κ3) is 4.17. The quantitative estimate of drug-likeness (QED) is 0.922. The summed E-state index contributed by atoms with van der Waals surface area (Å²) in [7, 11) is 0. The van der Waals surface area contributed by atoms with Gasteiger partial charge in [-0.05, 0) is 57.7 Å². The van der Waals surface area contributed by atoms with Crippen molar-refractivity contribution in [3.63, 3.8) is 0 Å². The van der Waals surface area contributed by atoms with E-state index in [1.807, 2.05) is 18.2 Å². The van der Waals surface area contributed by atoms with Crippen LogP contribution in [0.2, 0.25) is 0 Å². The third-order valence-electron chi connectivity index (χ3n) is 5.41. The number of rotatable bonds is 4. The number of carbonyl (C=O) groups excluding carboxylic acids is 1. The van der Waals surface area contributed by atoms with Crippen LogP contribution in [0.15, 0.2) is 30.3 Å². The van der Waals surface area contributed by atoms with E-state index in [2.05, 4.69) is 36.2 Å². The molecule has 24 heavy (non-hydrogen) atoms. The van der Waals surface area contributed by atoms with Crippen molar-refractivity contribution in [3.8, 4) is 0 Å². The zero-order chi connectivity index (χ0) is 17.0. The number of hydrogen-bond acceptors (Lipinski definition) is 3. The Kier molecular flexibility index (Phi) is 5.57. The van der Waals surface area contributed by atoms with Crippen LogP contribution in [-0.2, 0) is 9.53 Å². The Balaban J connectivity index is 1.61. The van der Waals surface area contributed by atoms with Gasteiger partial charge in [0.05, 0.1) is 18.7 Å². The molecule has 1 N–H and O–H groups in total. The van der Waals surface area contributed by atoms with E-state index in [4.69, 9.17) is 4.74 Å². The topological polar surface area (TPSA) is 41.6 Å². The molecule has 2 fully saturated rings. The van der Waals surface area contributed by atoms with Crippen molar-refractivity contribution in [2.24, 2.45) is 5.92 Å². The van der Waals surface area contributed by atoms with Crippen LogP contribution >= 0.6 is 0 Å². The molecule has 1 amide bonds. The number of piperidine rings is 1. The van der Waals surface area contributed by atoms with Gasteiger partial charge in [-0.25, -0.2) is 0 Å². The number of nitrogens with one attached hydrogen (secondary N) is 1. The smallest absolute Gasteiger partial charge is 0.223 e. The van der Waals surface area contributed by atoms with Crippen molar-refractivity contribution in [3.05, 3.63) is 35.9 Å². The van der Waals surface area contributed by atoms with Crippen LogP contribution < -0.4 is 5.32 Å². The maximum atomic E-state index is 12.9. The molecule has 1 aromatic carbocycles. The SMILES string of the molecule is CC1(C)COC(c2ccccc2)CN1C(=O)CCC1CCNCC1. The summed E-state index contributed by atoms with van der Waals surface area (Å²) in [4.78, 5) is 14.9. The lowest BCUT2D eigenvalue weighted by Crippen LogP contribution is -2.56. The third-order valence-corrected chi connectivity index (χ3v) is 5.41. The average Bonchev–Trinajstić information content (AvgIpc) is 2.61. The summed E-state index contributed by atoms with van der Waals surface area (Å²) < 4.78 is 6.05. The van der Waals surface area contributed by atoms with Crippen LogP contribution in [-0.4, -0.2) is 42.6 Å². The second-order valence-electron chi connectivity index (χ2n) is 7.76. The fraction of sp³-hybridized carbons (Fsp3) is 0.650. The van der Waals surface area contributed by atoms with Crippen LogP contribution in [0.3, 0.4) is 0 Å². The molecule has 1 aromatic rings. The lowest BCUT2D eigenvalue weighted by atomic mass is 9.92. The molecule has 3 rings (SSSR count). The average molecular weight is 330 g/mol. The van der Waals surface area contributed by atoms with Gasteiger partial charge in [0.25, 0.3) is 0 Å². The fourth-order valence-electron chi connectivity index (χ4n) is 3.79. The van der Waals surface area contributed by atoms with E-state index in [1.165, 1.54) is 12.8 Å². The Bertz CT molecular complexity index is 538. The Morgan fingerprint density at radius 3 is 2.67 bits per heavy atom. The molecular weight excluding hydrogens is 300 g/mol. The van der Waals surface area contributed by atoms with Gasteiger partial charge < -0.3 is 15.0 Å². The van der Waals surface area contributed by atoms with Gasteiger partial charge in [0, 0.05) is 6.42 Å². The summed E-state index contributed by atoms with van der Waals surface area (Å²) >= 11 is 0. The second kappa shape index (κ2) is 7.66. The molecule has 0 radical (unpaired) electrons. The van der Waals surface area contributed by atoms with E-state index in [1.54, 1.807) is 0 Å². The molecule has 0 bridgehead atoms. The molecule has 1 unspecified atom stereocenters. The Morgan fingerprint density at radius 1 is 1.25 bits per heavy atom. The number of nitrogens with zero attached hydrogens (tertiary/aromatic N) is 1. The molecule has 0 spiro atoms. The van der Waals surface area contributed by atoms with Gasteiger partial charge >= 0.3 is 0 Å². The first-order valence-corrected chi connectivity index (χ1v) is 9.24. The molecule has 0 saturated carbocycles. The normalized spacial score (nSPS) is 24.8. The van der Waals surface area contributed by atoms with Crippen LogP contribution in [0, 0.1) is 5.92 Å². The van der Waals surface area contributed by atoms with Crippen LogP contribution in [0.1, 0.15) is 51.2 Å². The minimum atomic E-state index is -0.226. The van der Waals surface area contributed by atoms with E-state index in [0.29, 0.717) is 25.5 Å². The van der Waals surface area contributed by atoms with Crippen LogP contribution in [0.5, 0.6) is 0 Å². The first-order valence-electron chi connectivity index (χ1n) is 9.24. The molecule has 2 heterocycles. The van der Waals surface area contributed by atoms with Gasteiger partial charge in [-0.15, -0.1) is 0 Å². The summed E-state index contributed by atoms with van der Waals surface area (Å²) in [6.45, 7) is 7.65. The summed E-state index contributed by atoms with van der Waals surface area (Å²) in [5.74, 6) is 0.979. The van der Waals surface area contributed by atoms with Gasteiger partial charge in [0.15, 0.2) is 0 Å². The van der Waals surface area contributed by atoms with Crippen molar-refractivity contribution in [2.75, 3.05) is 26.2 Å². The first-order chi connectivity index (χ1) is 11.6. The van der Waals surface area contributed by atoms with Crippen molar-refractivity contribution >= 4 is 5.91 Å². The number of hydrogen-bond donors (Lipinski definition) is 1. The lowest BCUT2D eigenvalue weighted by molar-refractivity contribution is -0.155. The predicted molar refractivity (Wildman–Crippen MR) is 95.8 cm³/mol. The number of ether oxygens (including phenoxy) is 1. The van der Waals surface area contributed by atoms with Crippen LogP contribution in [0.4, 0.5) is 0 Å². The molecular formula is C20H30N2O2. The summed E-state index contributed by atoms with van der Waals surface area (Å²) in [6, 6.07) is 10.2. The van der Waals surface area contributed by atoms with E-state index >= 15 is 0 Å². The minimum Gasteiger partial charge on any atom is -0.369 e. The first kappa shape index (κ1) is 17.4. The van der Waals surface area contributed by atoms with Gasteiger partial charge in [-0.1, -0.05) is 30.3 Å². The number of amides is 1. The van der Waals surface area contributed by atoms with Crippen LogP contribution in [0.25, 0.3) is 0 Å². The highest BCUT2D eigenvalue weighted by Crippen LogP contribution is 2.31. The van der Waals surface area contributed by atoms with E-state index in [0.717, 1.165) is 25.1 Å². The summed E-state index contributed by atoms with van der Waals surface area (Å²) in [5, 5.41) is 3.39. The highest BCUT2D eigenvalue weighted by molar-refractivity contribution is 5.77. The van der Waals surface area contributed by atoms with Gasteiger partial charge in [0.1, 0.15) is 6.10 Å². The summed E-state index contributed by atoms with van der Waals surface area (Å²) in [5.41, 5.74) is 0.931. The van der Waals surface area contributed by atoms with Gasteiger partial charge in [0.2, 0.25) is 5.91 Å². The molecule has 4 nitrogen and oxygen atoms in total.